The van der Waals surface area contributed by atoms with E-state index >= 15 is 0 Å². The molecule has 1 atom stereocenters. The maximum atomic E-state index is 13.0. The van der Waals surface area contributed by atoms with E-state index in [-0.39, 0.29) is 17.5 Å². The van der Waals surface area contributed by atoms with E-state index in [1.165, 1.54) is 0 Å². The summed E-state index contributed by atoms with van der Waals surface area (Å²) in [5.41, 5.74) is 2.51. The van der Waals surface area contributed by atoms with Crippen molar-refractivity contribution < 1.29 is 9.53 Å². The van der Waals surface area contributed by atoms with Crippen LogP contribution in [0.2, 0.25) is 0 Å². The smallest absolute Gasteiger partial charge is 0.221 e. The second-order valence-corrected chi connectivity index (χ2v) is 8.38. The highest BCUT2D eigenvalue weighted by Crippen LogP contribution is 2.33. The zero-order chi connectivity index (χ0) is 21.1. The molecule has 0 saturated heterocycles. The summed E-state index contributed by atoms with van der Waals surface area (Å²) in [6.45, 7) is 2.12. The Bertz CT molecular complexity index is 1200. The first kappa shape index (κ1) is 20.1. The van der Waals surface area contributed by atoms with E-state index in [1.807, 2.05) is 54.1 Å². The number of ether oxygens (including phenoxy) is 1. The molecular formula is C23H22N4O2S. The lowest BCUT2D eigenvalue weighted by atomic mass is 10.0. The maximum absolute atomic E-state index is 13.0. The fourth-order valence-corrected chi connectivity index (χ4v) is 4.21. The van der Waals surface area contributed by atoms with E-state index in [9.17, 15) is 4.79 Å². The van der Waals surface area contributed by atoms with Gasteiger partial charge in [-0.25, -0.2) is 4.98 Å². The first-order valence-corrected chi connectivity index (χ1v) is 10.5. The number of thioether (sulfide) groups is 1. The molecule has 4 aromatic rings. The molecule has 0 aliphatic heterocycles. The van der Waals surface area contributed by atoms with Crippen LogP contribution in [0.1, 0.15) is 33.8 Å². The third-order valence-electron chi connectivity index (χ3n) is 4.92. The SMILES string of the molecule is COc1nc(C(=O)Cc2cccc([C@H](C)Sc3nncn3C)c2)cc2ccccc12. The van der Waals surface area contributed by atoms with Gasteiger partial charge in [0.25, 0.3) is 0 Å². The molecule has 0 bridgehead atoms. The first-order chi connectivity index (χ1) is 14.5. The molecule has 0 unspecified atom stereocenters. The number of hydrogen-bond donors (Lipinski definition) is 0. The number of benzene rings is 2. The Labute approximate surface area is 179 Å². The van der Waals surface area contributed by atoms with Gasteiger partial charge in [0.15, 0.2) is 10.9 Å². The van der Waals surface area contributed by atoms with E-state index in [1.54, 1.807) is 25.2 Å². The average Bonchev–Trinajstić information content (AvgIpc) is 3.17. The van der Waals surface area contributed by atoms with Crippen molar-refractivity contribution in [2.75, 3.05) is 7.11 Å². The Morgan fingerprint density at radius 2 is 2.00 bits per heavy atom. The number of nitrogens with zero attached hydrogens (tertiary/aromatic N) is 4. The van der Waals surface area contributed by atoms with Crippen LogP contribution in [-0.4, -0.2) is 32.6 Å². The van der Waals surface area contributed by atoms with Gasteiger partial charge in [-0.3, -0.25) is 4.79 Å². The van der Waals surface area contributed by atoms with Gasteiger partial charge in [0.2, 0.25) is 5.88 Å². The molecular weight excluding hydrogens is 396 g/mol. The highest BCUT2D eigenvalue weighted by molar-refractivity contribution is 7.99. The van der Waals surface area contributed by atoms with Crippen LogP contribution in [0.3, 0.4) is 0 Å². The van der Waals surface area contributed by atoms with Crippen molar-refractivity contribution in [1.82, 2.24) is 19.7 Å². The summed E-state index contributed by atoms with van der Waals surface area (Å²) in [5, 5.41) is 10.9. The van der Waals surface area contributed by atoms with Crippen LogP contribution in [0.5, 0.6) is 5.88 Å². The van der Waals surface area contributed by atoms with Crippen molar-refractivity contribution in [2.24, 2.45) is 7.05 Å². The summed E-state index contributed by atoms with van der Waals surface area (Å²) >= 11 is 1.64. The lowest BCUT2D eigenvalue weighted by Crippen LogP contribution is -2.07. The molecule has 0 amide bonds. The first-order valence-electron chi connectivity index (χ1n) is 9.61. The monoisotopic (exact) mass is 418 g/mol. The minimum Gasteiger partial charge on any atom is -0.481 e. The van der Waals surface area contributed by atoms with Gasteiger partial charge >= 0.3 is 0 Å². The molecule has 0 saturated carbocycles. The summed E-state index contributed by atoms with van der Waals surface area (Å²) in [6, 6.07) is 17.7. The maximum Gasteiger partial charge on any atom is 0.221 e. The Kier molecular flexibility index (Phi) is 5.81. The van der Waals surface area contributed by atoms with Crippen molar-refractivity contribution in [2.45, 2.75) is 23.8 Å². The lowest BCUT2D eigenvalue weighted by molar-refractivity contribution is 0.0987. The minimum atomic E-state index is -0.0372. The topological polar surface area (TPSA) is 69.9 Å². The number of rotatable bonds is 7. The number of aryl methyl sites for hydroxylation is 1. The van der Waals surface area contributed by atoms with Crippen molar-refractivity contribution in [3.05, 3.63) is 77.7 Å². The molecule has 0 spiro atoms. The molecule has 0 aliphatic rings. The number of pyridine rings is 1. The summed E-state index contributed by atoms with van der Waals surface area (Å²) in [4.78, 5) is 17.4. The molecule has 6 nitrogen and oxygen atoms in total. The van der Waals surface area contributed by atoms with Crippen LogP contribution in [0.4, 0.5) is 0 Å². The standard InChI is InChI=1S/C23H22N4O2S/c1-15(30-23-26-24-14-27(23)2)17-9-6-7-16(11-17)12-21(28)20-13-18-8-4-5-10-19(18)22(25-20)29-3/h4-11,13-15H,12H2,1-3H3/t15-/m0/s1. The Morgan fingerprint density at radius 1 is 1.17 bits per heavy atom. The quantitative estimate of drug-likeness (QED) is 0.321. The van der Waals surface area contributed by atoms with Gasteiger partial charge in [0, 0.05) is 24.1 Å². The predicted molar refractivity (Wildman–Crippen MR) is 118 cm³/mol. The third-order valence-corrected chi connectivity index (χ3v) is 6.13. The fourth-order valence-electron chi connectivity index (χ4n) is 3.30. The van der Waals surface area contributed by atoms with Crippen molar-refractivity contribution in [3.63, 3.8) is 0 Å². The molecule has 0 radical (unpaired) electrons. The van der Waals surface area contributed by atoms with Crippen molar-refractivity contribution in [1.29, 1.82) is 0 Å². The van der Waals surface area contributed by atoms with Crippen LogP contribution in [0.25, 0.3) is 10.8 Å². The number of hydrogen-bond acceptors (Lipinski definition) is 6. The van der Waals surface area contributed by atoms with E-state index < -0.39 is 0 Å². The molecule has 4 rings (SSSR count). The number of Topliss-reactive ketones (excluding diaryl/α,β-unsaturated/α-hetero) is 1. The Hall–Kier alpha value is -3.19. The largest absolute Gasteiger partial charge is 0.481 e. The second kappa shape index (κ2) is 8.67. The van der Waals surface area contributed by atoms with Crippen LogP contribution in [0, 0.1) is 0 Å². The zero-order valence-corrected chi connectivity index (χ0v) is 17.9. The van der Waals surface area contributed by atoms with Crippen LogP contribution in [0.15, 0.2) is 66.1 Å². The summed E-state index contributed by atoms with van der Waals surface area (Å²) < 4.78 is 7.30. The van der Waals surface area contributed by atoms with Gasteiger partial charge in [0.1, 0.15) is 12.0 Å². The number of carbonyl (C=O) groups excluding carboxylic acids is 1. The van der Waals surface area contributed by atoms with Gasteiger partial charge in [0.05, 0.1) is 7.11 Å². The molecule has 2 aromatic carbocycles. The lowest BCUT2D eigenvalue weighted by Gasteiger charge is -2.12. The zero-order valence-electron chi connectivity index (χ0n) is 17.1. The van der Waals surface area contributed by atoms with E-state index in [0.29, 0.717) is 11.6 Å². The molecule has 2 aromatic heterocycles. The predicted octanol–water partition coefficient (Wildman–Crippen LogP) is 4.65. The van der Waals surface area contributed by atoms with Crippen molar-refractivity contribution >= 4 is 28.3 Å². The van der Waals surface area contributed by atoms with Gasteiger partial charge in [-0.15, -0.1) is 10.2 Å². The Morgan fingerprint density at radius 3 is 2.77 bits per heavy atom. The summed E-state index contributed by atoms with van der Waals surface area (Å²) in [6.07, 6.45) is 1.97. The molecule has 2 heterocycles. The van der Waals surface area contributed by atoms with E-state index in [4.69, 9.17) is 4.74 Å². The second-order valence-electron chi connectivity index (χ2n) is 7.07. The number of aromatic nitrogens is 4. The van der Waals surface area contributed by atoms with Gasteiger partial charge < -0.3 is 9.30 Å². The van der Waals surface area contributed by atoms with Crippen LogP contribution in [-0.2, 0) is 13.5 Å². The van der Waals surface area contributed by atoms with Crippen LogP contribution >= 0.6 is 11.8 Å². The Balaban J connectivity index is 1.54. The van der Waals surface area contributed by atoms with Crippen LogP contribution < -0.4 is 4.74 Å². The van der Waals surface area contributed by atoms with Gasteiger partial charge in [-0.2, -0.15) is 0 Å². The number of carbonyl (C=O) groups is 1. The highest BCUT2D eigenvalue weighted by atomic mass is 32.2. The third kappa shape index (κ3) is 4.21. The number of methoxy groups -OCH3 is 1. The van der Waals surface area contributed by atoms with E-state index in [2.05, 4.69) is 34.2 Å². The molecule has 0 aliphatic carbocycles. The minimum absolute atomic E-state index is 0.0372. The molecule has 0 N–H and O–H groups in total. The fraction of sp³-hybridized carbons (Fsp3) is 0.217. The molecule has 0 fully saturated rings. The summed E-state index contributed by atoms with van der Waals surface area (Å²) in [5.74, 6) is 0.434. The summed E-state index contributed by atoms with van der Waals surface area (Å²) in [7, 11) is 3.50. The van der Waals surface area contributed by atoms with E-state index in [0.717, 1.165) is 27.1 Å². The molecule has 152 valence electrons. The molecule has 7 heteroatoms. The average molecular weight is 419 g/mol. The van der Waals surface area contributed by atoms with Crippen molar-refractivity contribution in [3.8, 4) is 5.88 Å². The van der Waals surface area contributed by atoms with Gasteiger partial charge in [-0.05, 0) is 35.6 Å². The highest BCUT2D eigenvalue weighted by Gasteiger charge is 2.15. The number of ketones is 1. The molecule has 30 heavy (non-hydrogen) atoms. The normalized spacial score (nSPS) is 12.1. The van der Waals surface area contributed by atoms with Gasteiger partial charge in [-0.1, -0.05) is 54.2 Å². The number of fused-ring (bicyclic) bond motifs is 1.